The van der Waals surface area contributed by atoms with Crippen LogP contribution in [0.5, 0.6) is 0 Å². The molecule has 4 nitrogen and oxygen atoms in total. The van der Waals surface area contributed by atoms with Gasteiger partial charge in [0.1, 0.15) is 6.54 Å². The fourth-order valence-electron chi connectivity index (χ4n) is 2.98. The molecule has 3 rings (SSSR count). The molecule has 1 saturated heterocycles. The molecule has 2 heterocycles. The van der Waals surface area contributed by atoms with Crippen molar-refractivity contribution in [1.82, 2.24) is 9.88 Å². The molecule has 21 heavy (non-hydrogen) atoms. The van der Waals surface area contributed by atoms with Crippen molar-refractivity contribution in [3.63, 3.8) is 0 Å². The Kier molecular flexibility index (Phi) is 4.25. The van der Waals surface area contributed by atoms with Gasteiger partial charge in [-0.1, -0.05) is 18.2 Å². The van der Waals surface area contributed by atoms with E-state index in [1.807, 2.05) is 19.1 Å². The molecule has 0 spiro atoms. The summed E-state index contributed by atoms with van der Waals surface area (Å²) in [5, 5.41) is 4.23. The monoisotopic (exact) mass is 286 g/mol. The summed E-state index contributed by atoms with van der Waals surface area (Å²) in [5.74, 6) is 0.537. The molecule has 0 unspecified atom stereocenters. The maximum absolute atomic E-state index is 12.2. The van der Waals surface area contributed by atoms with Crippen LogP contribution in [0.15, 0.2) is 30.3 Å². The van der Waals surface area contributed by atoms with E-state index >= 15 is 0 Å². The highest BCUT2D eigenvalue weighted by molar-refractivity contribution is 5.84. The highest BCUT2D eigenvalue weighted by atomic mass is 16.5. The summed E-state index contributed by atoms with van der Waals surface area (Å²) in [6.45, 7) is 4.77. The average Bonchev–Trinajstić information content (AvgIpc) is 2.82. The molecule has 112 valence electrons. The van der Waals surface area contributed by atoms with Gasteiger partial charge in [0.2, 0.25) is 5.91 Å². The largest absolute Gasteiger partial charge is 0.381 e. The van der Waals surface area contributed by atoms with E-state index in [0.29, 0.717) is 12.5 Å². The lowest BCUT2D eigenvalue weighted by atomic mass is 10.0. The number of carbonyl (C=O) groups is 1. The number of nitrogens with zero attached hydrogens (tertiary/aromatic N) is 1. The van der Waals surface area contributed by atoms with Gasteiger partial charge in [-0.2, -0.15) is 0 Å². The molecule has 0 radical (unpaired) electrons. The highest BCUT2D eigenvalue weighted by Gasteiger charge is 2.15. The van der Waals surface area contributed by atoms with Gasteiger partial charge in [-0.05, 0) is 43.2 Å². The Balaban J connectivity index is 1.62. The van der Waals surface area contributed by atoms with Crippen LogP contribution in [-0.4, -0.2) is 30.2 Å². The van der Waals surface area contributed by atoms with Gasteiger partial charge in [0.05, 0.1) is 6.61 Å². The van der Waals surface area contributed by atoms with Crippen molar-refractivity contribution >= 4 is 16.8 Å². The summed E-state index contributed by atoms with van der Waals surface area (Å²) in [6.07, 6.45) is 2.24. The Morgan fingerprint density at radius 3 is 3.10 bits per heavy atom. The standard InChI is InChI=1S/C17H22N2O2/c1-13-9-15-6-2-3-7-16(15)19(13)11-17(20)18-10-14-5-4-8-21-12-14/h2-3,6-7,9,14H,4-5,8,10-12H2,1H3,(H,18,20)/t14-/m1/s1. The number of hydrogen-bond donors (Lipinski definition) is 1. The van der Waals surface area contributed by atoms with E-state index in [1.54, 1.807) is 0 Å². The second-order valence-corrected chi connectivity index (χ2v) is 5.82. The van der Waals surface area contributed by atoms with E-state index in [1.165, 1.54) is 5.39 Å². The molecule has 0 saturated carbocycles. The number of rotatable bonds is 4. The highest BCUT2D eigenvalue weighted by Crippen LogP contribution is 2.19. The smallest absolute Gasteiger partial charge is 0.239 e. The Hall–Kier alpha value is -1.81. The zero-order valence-electron chi connectivity index (χ0n) is 12.5. The third-order valence-corrected chi connectivity index (χ3v) is 4.16. The van der Waals surface area contributed by atoms with Gasteiger partial charge in [-0.3, -0.25) is 4.79 Å². The lowest BCUT2D eigenvalue weighted by Crippen LogP contribution is -2.35. The predicted molar refractivity (Wildman–Crippen MR) is 83.2 cm³/mol. The van der Waals surface area contributed by atoms with Gasteiger partial charge in [0.15, 0.2) is 0 Å². The molecule has 0 bridgehead atoms. The van der Waals surface area contributed by atoms with Crippen LogP contribution in [-0.2, 0) is 16.1 Å². The SMILES string of the molecule is Cc1cc2ccccc2n1CC(=O)NC[C@H]1CCCOC1. The molecule has 1 aliphatic rings. The predicted octanol–water partition coefficient (Wildman–Crippen LogP) is 2.49. The molecule has 1 amide bonds. The normalized spacial score (nSPS) is 18.8. The minimum Gasteiger partial charge on any atom is -0.381 e. The van der Waals surface area contributed by atoms with Gasteiger partial charge in [-0.25, -0.2) is 0 Å². The molecular formula is C17H22N2O2. The third-order valence-electron chi connectivity index (χ3n) is 4.16. The van der Waals surface area contributed by atoms with Gasteiger partial charge in [-0.15, -0.1) is 0 Å². The first kappa shape index (κ1) is 14.1. The van der Waals surface area contributed by atoms with E-state index in [2.05, 4.69) is 28.1 Å². The van der Waals surface area contributed by atoms with Crippen molar-refractivity contribution < 1.29 is 9.53 Å². The first-order valence-electron chi connectivity index (χ1n) is 7.63. The maximum atomic E-state index is 12.2. The van der Waals surface area contributed by atoms with Gasteiger partial charge >= 0.3 is 0 Å². The van der Waals surface area contributed by atoms with Crippen molar-refractivity contribution in [2.45, 2.75) is 26.3 Å². The van der Waals surface area contributed by atoms with Crippen molar-refractivity contribution in [2.75, 3.05) is 19.8 Å². The topological polar surface area (TPSA) is 43.3 Å². The van der Waals surface area contributed by atoms with Crippen LogP contribution >= 0.6 is 0 Å². The first-order valence-corrected chi connectivity index (χ1v) is 7.63. The molecule has 4 heteroatoms. The van der Waals surface area contributed by atoms with Crippen LogP contribution in [0.3, 0.4) is 0 Å². The number of benzene rings is 1. The minimum atomic E-state index is 0.0741. The Bertz CT molecular complexity index is 627. The number of hydrogen-bond acceptors (Lipinski definition) is 2. The lowest BCUT2D eigenvalue weighted by molar-refractivity contribution is -0.122. The van der Waals surface area contributed by atoms with Crippen molar-refractivity contribution in [3.8, 4) is 0 Å². The Labute approximate surface area is 125 Å². The number of ether oxygens (including phenoxy) is 1. The zero-order chi connectivity index (χ0) is 14.7. The summed E-state index contributed by atoms with van der Waals surface area (Å²) in [4.78, 5) is 12.2. The Morgan fingerprint density at radius 2 is 2.29 bits per heavy atom. The van der Waals surface area contributed by atoms with Crippen LogP contribution in [0.25, 0.3) is 10.9 Å². The van der Waals surface area contributed by atoms with E-state index in [9.17, 15) is 4.79 Å². The van der Waals surface area contributed by atoms with E-state index in [-0.39, 0.29) is 5.91 Å². The third kappa shape index (κ3) is 3.27. The number of amides is 1. The molecule has 1 fully saturated rings. The molecule has 1 aromatic heterocycles. The van der Waals surface area contributed by atoms with Crippen LogP contribution in [0, 0.1) is 12.8 Å². The van der Waals surface area contributed by atoms with Gasteiger partial charge in [0.25, 0.3) is 0 Å². The summed E-state index contributed by atoms with van der Waals surface area (Å²) in [5.41, 5.74) is 2.23. The van der Waals surface area contributed by atoms with Crippen LogP contribution in [0.1, 0.15) is 18.5 Å². The van der Waals surface area contributed by atoms with Crippen LogP contribution in [0.2, 0.25) is 0 Å². The van der Waals surface area contributed by atoms with Crippen molar-refractivity contribution in [1.29, 1.82) is 0 Å². The summed E-state index contributed by atoms with van der Waals surface area (Å²) in [6, 6.07) is 10.3. The average molecular weight is 286 g/mol. The molecule has 1 aromatic carbocycles. The maximum Gasteiger partial charge on any atom is 0.239 e. The summed E-state index contributed by atoms with van der Waals surface area (Å²) in [7, 11) is 0. The zero-order valence-corrected chi connectivity index (χ0v) is 12.5. The number of aryl methyl sites for hydroxylation is 1. The second kappa shape index (κ2) is 6.31. The van der Waals surface area contributed by atoms with E-state index in [4.69, 9.17) is 4.74 Å². The summed E-state index contributed by atoms with van der Waals surface area (Å²) >= 11 is 0. The lowest BCUT2D eigenvalue weighted by Gasteiger charge is -2.22. The number of para-hydroxylation sites is 1. The Morgan fingerprint density at radius 1 is 1.43 bits per heavy atom. The van der Waals surface area contributed by atoms with Crippen LogP contribution in [0.4, 0.5) is 0 Å². The van der Waals surface area contributed by atoms with Crippen molar-refractivity contribution in [2.24, 2.45) is 5.92 Å². The minimum absolute atomic E-state index is 0.0741. The molecule has 2 aromatic rings. The fourth-order valence-corrected chi connectivity index (χ4v) is 2.98. The molecular weight excluding hydrogens is 264 g/mol. The van der Waals surface area contributed by atoms with Crippen LogP contribution < -0.4 is 5.32 Å². The van der Waals surface area contributed by atoms with E-state index < -0.39 is 0 Å². The quantitative estimate of drug-likeness (QED) is 0.938. The number of carbonyl (C=O) groups excluding carboxylic acids is 1. The number of nitrogens with one attached hydrogen (secondary N) is 1. The first-order chi connectivity index (χ1) is 10.2. The van der Waals surface area contributed by atoms with E-state index in [0.717, 1.165) is 43.8 Å². The van der Waals surface area contributed by atoms with Gasteiger partial charge in [0, 0.05) is 24.4 Å². The van der Waals surface area contributed by atoms with Gasteiger partial charge < -0.3 is 14.6 Å². The summed E-state index contributed by atoms with van der Waals surface area (Å²) < 4.78 is 7.51. The number of fused-ring (bicyclic) bond motifs is 1. The fraction of sp³-hybridized carbons (Fsp3) is 0.471. The number of aromatic nitrogens is 1. The molecule has 1 N–H and O–H groups in total. The molecule has 0 aliphatic carbocycles. The van der Waals surface area contributed by atoms with Crippen molar-refractivity contribution in [3.05, 3.63) is 36.0 Å². The second-order valence-electron chi connectivity index (χ2n) is 5.82. The molecule has 1 atom stereocenters. The molecule has 1 aliphatic heterocycles.